The third-order valence-electron chi connectivity index (χ3n) is 9.51. The zero-order valence-corrected chi connectivity index (χ0v) is 27.3. The van der Waals surface area contributed by atoms with Crippen molar-refractivity contribution in [2.24, 2.45) is 0 Å². The van der Waals surface area contributed by atoms with Gasteiger partial charge in [-0.05, 0) is 74.3 Å². The summed E-state index contributed by atoms with van der Waals surface area (Å²) < 4.78 is 9.59. The number of benzene rings is 7. The Morgan fingerprint density at radius 3 is 1.84 bits per heavy atom. The predicted molar refractivity (Wildman–Crippen MR) is 195 cm³/mol. The van der Waals surface area contributed by atoms with Gasteiger partial charge in [0.1, 0.15) is 16.6 Å². The molecule has 0 aliphatic heterocycles. The van der Waals surface area contributed by atoms with Crippen molar-refractivity contribution in [1.29, 1.82) is 0 Å². The molecule has 10 aromatic rings. The third-order valence-corrected chi connectivity index (χ3v) is 10.0. The zero-order valence-electron chi connectivity index (χ0n) is 26.4. The first-order valence-electron chi connectivity index (χ1n) is 15.8. The number of para-hydroxylation sites is 1. The third kappa shape index (κ3) is 4.61. The van der Waals surface area contributed by atoms with E-state index in [1.165, 1.54) is 44.0 Å². The molecule has 0 amide bonds. The monoisotopic (exact) mass is 639 g/mol. The van der Waals surface area contributed by atoms with E-state index in [1.54, 1.807) is 12.1 Å². The number of nitrogens with zero attached hydrogens (tertiary/aromatic N) is 3. The first-order chi connectivity index (χ1) is 23.7. The van der Waals surface area contributed by atoms with Gasteiger partial charge in [0, 0.05) is 33.5 Å². The zero-order chi connectivity index (χ0) is 31.8. The molecule has 7 aromatic carbocycles. The molecule has 0 unspecified atom stereocenters. The molecule has 10 rings (SSSR count). The van der Waals surface area contributed by atoms with E-state index in [2.05, 4.69) is 102 Å². The van der Waals surface area contributed by atoms with Crippen LogP contribution in [-0.4, -0.2) is 13.7 Å². The summed E-state index contributed by atoms with van der Waals surface area (Å²) in [4.78, 5) is 8.71. The molecule has 0 saturated heterocycles. The van der Waals surface area contributed by atoms with Gasteiger partial charge in [0.2, 0.25) is 11.2 Å². The standard InChI is InChI=1S/C42H24N4OS.Li/c47-38-12-6-5-11-33(38)36-21-16-24-13-14-25-17-22-37(44-40(25)39(24)43-36)34-20-19-27(41-42(34)46-48-45-41)26-15-18-32-30-9-2-1-7-28(30)29-8-3-4-10-31(29)35(32)23-26;/h1-23,47H;/q;+1. The van der Waals surface area contributed by atoms with E-state index in [0.717, 1.165) is 60.9 Å². The summed E-state index contributed by atoms with van der Waals surface area (Å²) in [6.45, 7) is 0. The quantitative estimate of drug-likeness (QED) is 0.159. The van der Waals surface area contributed by atoms with Gasteiger partial charge < -0.3 is 5.11 Å². The fourth-order valence-corrected chi connectivity index (χ4v) is 7.78. The molecule has 3 heterocycles. The number of nitrogens with one attached hydrogen (secondary N) is 1. The Hall–Kier alpha value is -5.64. The molecule has 0 radical (unpaired) electrons. The Balaban J connectivity index is 0.00000325. The summed E-state index contributed by atoms with van der Waals surface area (Å²) in [5.74, 6) is -0.0200. The van der Waals surface area contributed by atoms with Crippen LogP contribution in [0.5, 0.6) is 5.75 Å². The molecule has 224 valence electrons. The molecule has 3 aromatic heterocycles. The number of rotatable bonds is 3. The fourth-order valence-electron chi connectivity index (χ4n) is 7.20. The van der Waals surface area contributed by atoms with E-state index >= 15 is 0 Å². The van der Waals surface area contributed by atoms with E-state index < -0.39 is 0 Å². The van der Waals surface area contributed by atoms with Crippen LogP contribution >= 0.6 is 11.7 Å². The van der Waals surface area contributed by atoms with E-state index in [4.69, 9.17) is 13.7 Å². The smallest absolute Gasteiger partial charge is 0.872 e. The van der Waals surface area contributed by atoms with E-state index in [9.17, 15) is 5.11 Å². The van der Waals surface area contributed by atoms with E-state index in [0.29, 0.717) is 5.56 Å². The molecule has 5 nitrogen and oxygen atoms in total. The number of fused-ring (bicyclic) bond motifs is 10. The number of aromatic amines is 1. The Kier molecular flexibility index (Phi) is 6.92. The number of H-pyrrole nitrogens is 1. The summed E-state index contributed by atoms with van der Waals surface area (Å²) in [5.41, 5.74) is 8.71. The SMILES string of the molecule is [Li+].[O-]c1ccccc1-c1ccc2ccc3ccc(-c4ccc(-c5ccc6c7ccccc7c7ccccc7c6c5)c5nsnc45)nc3c2[nH+]1. The normalized spacial score (nSPS) is 11.6. The minimum Gasteiger partial charge on any atom is -0.872 e. The summed E-state index contributed by atoms with van der Waals surface area (Å²) in [6, 6.07) is 47.7. The summed E-state index contributed by atoms with van der Waals surface area (Å²) in [5, 5.41) is 22.1. The number of hydrogen-bond donors (Lipinski definition) is 0. The van der Waals surface area contributed by atoms with Crippen molar-refractivity contribution < 1.29 is 29.0 Å². The average molecular weight is 640 g/mol. The van der Waals surface area contributed by atoms with Crippen LogP contribution in [0.3, 0.4) is 0 Å². The van der Waals surface area contributed by atoms with Gasteiger partial charge in [-0.2, -0.15) is 8.75 Å². The molecule has 0 aliphatic rings. The Morgan fingerprint density at radius 2 is 1.08 bits per heavy atom. The fraction of sp³-hybridized carbons (Fsp3) is 0. The van der Waals surface area contributed by atoms with Crippen LogP contribution in [0.1, 0.15) is 0 Å². The van der Waals surface area contributed by atoms with Gasteiger partial charge in [0.05, 0.1) is 17.4 Å². The molecule has 1 N–H and O–H groups in total. The van der Waals surface area contributed by atoms with Crippen LogP contribution in [0, 0.1) is 0 Å². The van der Waals surface area contributed by atoms with Crippen LogP contribution < -0.4 is 29.0 Å². The first kappa shape index (κ1) is 29.5. The summed E-state index contributed by atoms with van der Waals surface area (Å²) >= 11 is 1.22. The Bertz CT molecular complexity index is 2900. The minimum absolute atomic E-state index is 0. The minimum atomic E-state index is -0.0200. The van der Waals surface area contributed by atoms with Crippen molar-refractivity contribution in [3.8, 4) is 39.4 Å². The summed E-state index contributed by atoms with van der Waals surface area (Å²) in [7, 11) is 0. The average Bonchev–Trinajstić information content (AvgIpc) is 3.65. The summed E-state index contributed by atoms with van der Waals surface area (Å²) in [6.07, 6.45) is 0. The number of pyridine rings is 2. The van der Waals surface area contributed by atoms with E-state index in [1.807, 2.05) is 30.3 Å². The van der Waals surface area contributed by atoms with Crippen LogP contribution in [-0.2, 0) is 0 Å². The van der Waals surface area contributed by atoms with E-state index in [-0.39, 0.29) is 24.6 Å². The molecule has 49 heavy (non-hydrogen) atoms. The van der Waals surface area contributed by atoms with Gasteiger partial charge >= 0.3 is 18.9 Å². The van der Waals surface area contributed by atoms with Crippen molar-refractivity contribution in [1.82, 2.24) is 13.7 Å². The van der Waals surface area contributed by atoms with Crippen molar-refractivity contribution >= 4 is 76.9 Å². The molecular weight excluding hydrogens is 615 g/mol. The molecule has 0 saturated carbocycles. The topological polar surface area (TPSA) is 75.9 Å². The van der Waals surface area contributed by atoms with Gasteiger partial charge in [-0.3, -0.25) is 0 Å². The van der Waals surface area contributed by atoms with Crippen LogP contribution in [0.4, 0.5) is 0 Å². The van der Waals surface area contributed by atoms with Crippen molar-refractivity contribution in [3.63, 3.8) is 0 Å². The maximum Gasteiger partial charge on any atom is 1.00 e. The number of aromatic nitrogens is 4. The van der Waals surface area contributed by atoms with Crippen molar-refractivity contribution in [2.75, 3.05) is 0 Å². The molecule has 0 spiro atoms. The largest absolute Gasteiger partial charge is 1.00 e. The van der Waals surface area contributed by atoms with Gasteiger partial charge in [-0.1, -0.05) is 103 Å². The second-order valence-corrected chi connectivity index (χ2v) is 12.7. The molecule has 0 fully saturated rings. The van der Waals surface area contributed by atoms with Crippen LogP contribution in [0.25, 0.3) is 98.8 Å². The van der Waals surface area contributed by atoms with Crippen molar-refractivity contribution in [3.05, 3.63) is 140 Å². The molecule has 0 aliphatic carbocycles. The Morgan fingerprint density at radius 1 is 0.490 bits per heavy atom. The predicted octanol–water partition coefficient (Wildman–Crippen LogP) is 6.75. The van der Waals surface area contributed by atoms with Crippen LogP contribution in [0.2, 0.25) is 0 Å². The number of hydrogen-bond acceptors (Lipinski definition) is 5. The van der Waals surface area contributed by atoms with Crippen molar-refractivity contribution in [2.45, 2.75) is 0 Å². The Labute approximate surface area is 297 Å². The molecule has 7 heteroatoms. The maximum absolute atomic E-state index is 12.6. The second-order valence-electron chi connectivity index (χ2n) is 12.1. The van der Waals surface area contributed by atoms with Gasteiger partial charge in [-0.15, -0.1) is 0 Å². The van der Waals surface area contributed by atoms with Crippen LogP contribution in [0.15, 0.2) is 140 Å². The second kappa shape index (κ2) is 11.5. The van der Waals surface area contributed by atoms with Gasteiger partial charge in [-0.25, -0.2) is 9.97 Å². The molecule has 0 bridgehead atoms. The first-order valence-corrected chi connectivity index (χ1v) is 16.6. The molecule has 0 atom stereocenters. The van der Waals surface area contributed by atoms with Gasteiger partial charge in [0.15, 0.2) is 0 Å². The maximum atomic E-state index is 12.6. The van der Waals surface area contributed by atoms with Gasteiger partial charge in [0.25, 0.3) is 0 Å². The molecular formula is C42H24LiN4OS+.